The van der Waals surface area contributed by atoms with Gasteiger partial charge >= 0.3 is 0 Å². The number of morpholine rings is 1. The van der Waals surface area contributed by atoms with Crippen molar-refractivity contribution < 1.29 is 13.5 Å². The topological polar surface area (TPSA) is 94.1 Å². The molecule has 0 amide bonds. The van der Waals surface area contributed by atoms with Gasteiger partial charge in [-0.2, -0.15) is 9.97 Å². The Morgan fingerprint density at radius 1 is 1.03 bits per heavy atom. The predicted molar refractivity (Wildman–Crippen MR) is 119 cm³/mol. The molecule has 2 atom stereocenters. The molecule has 1 saturated heterocycles. The number of nitrogens with zero attached hydrogens (tertiary/aromatic N) is 5. The van der Waals surface area contributed by atoms with Gasteiger partial charge in [0, 0.05) is 31.2 Å². The minimum Gasteiger partial charge on any atom is -0.378 e. The Morgan fingerprint density at radius 3 is 2.56 bits per heavy atom. The van der Waals surface area contributed by atoms with E-state index in [9.17, 15) is 8.78 Å². The molecule has 8 nitrogen and oxygen atoms in total. The zero-order valence-corrected chi connectivity index (χ0v) is 17.8. The van der Waals surface area contributed by atoms with Gasteiger partial charge in [-0.15, -0.1) is 0 Å². The molecule has 32 heavy (non-hydrogen) atoms. The second-order valence-electron chi connectivity index (χ2n) is 8.30. The fraction of sp³-hybridized carbons (Fsp3) is 0.500. The van der Waals surface area contributed by atoms with Crippen molar-refractivity contribution >= 4 is 22.8 Å². The Bertz CT molecular complexity index is 1080. The highest BCUT2D eigenvalue weighted by Gasteiger charge is 2.26. The Morgan fingerprint density at radius 2 is 1.78 bits per heavy atom. The van der Waals surface area contributed by atoms with Crippen LogP contribution in [0.3, 0.4) is 0 Å². The van der Waals surface area contributed by atoms with Gasteiger partial charge in [-0.1, -0.05) is 25.0 Å². The molecule has 3 aromatic rings. The molecule has 0 bridgehead atoms. The number of aromatic nitrogens is 4. The Kier molecular flexibility index (Phi) is 5.88. The third-order valence-corrected chi connectivity index (χ3v) is 6.18. The quantitative estimate of drug-likeness (QED) is 0.625. The van der Waals surface area contributed by atoms with Gasteiger partial charge in [0.25, 0.3) is 6.43 Å². The molecule has 0 spiro atoms. The molecule has 1 saturated carbocycles. The molecule has 5 rings (SSSR count). The molecule has 2 aliphatic rings. The lowest BCUT2D eigenvalue weighted by atomic mass is 9.91. The lowest BCUT2D eigenvalue weighted by Gasteiger charge is -2.31. The van der Waals surface area contributed by atoms with E-state index in [1.165, 1.54) is 4.57 Å². The van der Waals surface area contributed by atoms with Crippen molar-refractivity contribution in [2.75, 3.05) is 36.5 Å². The number of ether oxygens (including phenoxy) is 1. The number of benzene rings is 1. The Hall–Kier alpha value is -2.85. The number of halogens is 2. The van der Waals surface area contributed by atoms with Crippen LogP contribution in [0.4, 0.5) is 20.5 Å². The lowest BCUT2D eigenvalue weighted by molar-refractivity contribution is 0.122. The van der Waals surface area contributed by atoms with Gasteiger partial charge in [-0.05, 0) is 25.0 Å². The molecular formula is C22H27F2N7O. The van der Waals surface area contributed by atoms with Crippen LogP contribution in [0.25, 0.3) is 16.9 Å². The second kappa shape index (κ2) is 8.95. The predicted octanol–water partition coefficient (Wildman–Crippen LogP) is 3.27. The van der Waals surface area contributed by atoms with E-state index < -0.39 is 6.43 Å². The van der Waals surface area contributed by atoms with Gasteiger partial charge in [-0.3, -0.25) is 4.57 Å². The third kappa shape index (κ3) is 4.12. The van der Waals surface area contributed by atoms with E-state index in [-0.39, 0.29) is 17.9 Å². The van der Waals surface area contributed by atoms with Gasteiger partial charge in [0.1, 0.15) is 11.6 Å². The number of rotatable bonds is 5. The third-order valence-electron chi connectivity index (χ3n) is 6.18. The Labute approximate surface area is 184 Å². The van der Waals surface area contributed by atoms with Crippen molar-refractivity contribution in [3.63, 3.8) is 0 Å². The standard InChI is InChI=1S/C22H27F2N7O/c23-20(24)21-26-16-7-3-4-8-17(16)31(21)19-13-18(30-9-11-32-12-10-30)28-22(29-19)27-15-6-2-1-5-14(15)25/h3-4,7-8,13-15,20H,1-2,5-6,9-12,25H2,(H,27,28,29)/t14-,15+/m1/s1. The van der Waals surface area contributed by atoms with Crippen LogP contribution in [-0.2, 0) is 4.74 Å². The molecular weight excluding hydrogens is 416 g/mol. The summed E-state index contributed by atoms with van der Waals surface area (Å²) < 4.78 is 34.8. The van der Waals surface area contributed by atoms with E-state index in [0.717, 1.165) is 25.7 Å². The van der Waals surface area contributed by atoms with Crippen molar-refractivity contribution in [1.29, 1.82) is 0 Å². The summed E-state index contributed by atoms with van der Waals surface area (Å²) >= 11 is 0. The molecule has 2 fully saturated rings. The van der Waals surface area contributed by atoms with Gasteiger partial charge in [0.2, 0.25) is 5.95 Å². The van der Waals surface area contributed by atoms with Crippen LogP contribution in [0.2, 0.25) is 0 Å². The maximum Gasteiger partial charge on any atom is 0.296 e. The molecule has 2 aromatic heterocycles. The van der Waals surface area contributed by atoms with Crippen molar-refractivity contribution in [2.24, 2.45) is 5.73 Å². The maximum absolute atomic E-state index is 13.9. The second-order valence-corrected chi connectivity index (χ2v) is 8.30. The number of hydrogen-bond donors (Lipinski definition) is 2. The highest BCUT2D eigenvalue weighted by molar-refractivity contribution is 5.78. The summed E-state index contributed by atoms with van der Waals surface area (Å²) in [6.45, 7) is 2.52. The highest BCUT2D eigenvalue weighted by atomic mass is 19.3. The van der Waals surface area contributed by atoms with E-state index in [1.54, 1.807) is 30.3 Å². The zero-order valence-electron chi connectivity index (χ0n) is 17.8. The normalized spacial score (nSPS) is 21.9. The number of hydrogen-bond acceptors (Lipinski definition) is 7. The summed E-state index contributed by atoms with van der Waals surface area (Å²) in [5.41, 5.74) is 7.40. The number of alkyl halides is 2. The molecule has 1 aromatic carbocycles. The van der Waals surface area contributed by atoms with Gasteiger partial charge < -0.3 is 20.7 Å². The van der Waals surface area contributed by atoms with E-state index in [0.29, 0.717) is 54.9 Å². The number of imidazole rings is 1. The maximum atomic E-state index is 13.9. The van der Waals surface area contributed by atoms with Crippen molar-refractivity contribution in [2.45, 2.75) is 44.2 Å². The summed E-state index contributed by atoms with van der Waals surface area (Å²) in [5.74, 6) is 1.09. The van der Waals surface area contributed by atoms with Crippen LogP contribution in [0.5, 0.6) is 0 Å². The van der Waals surface area contributed by atoms with E-state index >= 15 is 0 Å². The van der Waals surface area contributed by atoms with Gasteiger partial charge in [-0.25, -0.2) is 13.8 Å². The molecule has 1 aliphatic heterocycles. The van der Waals surface area contributed by atoms with Crippen LogP contribution in [0.15, 0.2) is 30.3 Å². The first kappa shape index (κ1) is 21.0. The number of fused-ring (bicyclic) bond motifs is 1. The van der Waals surface area contributed by atoms with Gasteiger partial charge in [0.15, 0.2) is 5.82 Å². The molecule has 170 valence electrons. The fourth-order valence-corrected chi connectivity index (χ4v) is 4.49. The van der Waals surface area contributed by atoms with E-state index in [1.807, 2.05) is 0 Å². The van der Waals surface area contributed by atoms with Crippen molar-refractivity contribution in [3.05, 3.63) is 36.2 Å². The monoisotopic (exact) mass is 443 g/mol. The number of nitrogens with one attached hydrogen (secondary N) is 1. The fourth-order valence-electron chi connectivity index (χ4n) is 4.49. The van der Waals surface area contributed by atoms with E-state index in [2.05, 4.69) is 20.2 Å². The van der Waals surface area contributed by atoms with Gasteiger partial charge in [0.05, 0.1) is 24.2 Å². The van der Waals surface area contributed by atoms with Crippen LogP contribution in [0.1, 0.15) is 37.9 Å². The summed E-state index contributed by atoms with van der Waals surface area (Å²) in [6, 6.07) is 8.89. The number of para-hydroxylation sites is 2. The van der Waals surface area contributed by atoms with Crippen molar-refractivity contribution in [3.8, 4) is 5.82 Å². The van der Waals surface area contributed by atoms with Crippen LogP contribution in [0, 0.1) is 0 Å². The minimum atomic E-state index is -2.74. The first-order valence-corrected chi connectivity index (χ1v) is 11.1. The average molecular weight is 444 g/mol. The molecule has 0 radical (unpaired) electrons. The van der Waals surface area contributed by atoms with E-state index in [4.69, 9.17) is 15.5 Å². The first-order chi connectivity index (χ1) is 15.6. The first-order valence-electron chi connectivity index (χ1n) is 11.1. The van der Waals surface area contributed by atoms with Crippen molar-refractivity contribution in [1.82, 2.24) is 19.5 Å². The molecule has 10 heteroatoms. The average Bonchev–Trinajstić information content (AvgIpc) is 3.21. The number of nitrogens with two attached hydrogens (primary N) is 1. The molecule has 3 N–H and O–H groups in total. The summed E-state index contributed by atoms with van der Waals surface area (Å²) in [7, 11) is 0. The SMILES string of the molecule is N[C@@H]1CCCC[C@@H]1Nc1nc(N2CCOCC2)cc(-n2c(C(F)F)nc3ccccc32)n1. The molecule has 1 aliphatic carbocycles. The summed E-state index contributed by atoms with van der Waals surface area (Å²) in [4.78, 5) is 15.6. The largest absolute Gasteiger partial charge is 0.378 e. The van der Waals surface area contributed by atoms with Crippen LogP contribution in [-0.4, -0.2) is 57.9 Å². The summed E-state index contributed by atoms with van der Waals surface area (Å²) in [5, 5.41) is 3.38. The smallest absolute Gasteiger partial charge is 0.296 e. The molecule has 0 unspecified atom stereocenters. The summed E-state index contributed by atoms with van der Waals surface area (Å²) in [6.07, 6.45) is 1.32. The Balaban J connectivity index is 1.61. The van der Waals surface area contributed by atoms with Crippen LogP contribution < -0.4 is 16.0 Å². The highest BCUT2D eigenvalue weighted by Crippen LogP contribution is 2.30. The minimum absolute atomic E-state index is 0.00791. The zero-order chi connectivity index (χ0) is 22.1. The molecule has 3 heterocycles. The lowest BCUT2D eigenvalue weighted by Crippen LogP contribution is -2.43. The van der Waals surface area contributed by atoms with Crippen LogP contribution >= 0.6 is 0 Å². The number of anilines is 2.